The lowest BCUT2D eigenvalue weighted by Gasteiger charge is -2.03. The van der Waals surface area contributed by atoms with Gasteiger partial charge in [-0.05, 0) is 95.6 Å². The van der Waals surface area contributed by atoms with Crippen molar-refractivity contribution in [1.29, 1.82) is 0 Å². The number of hydrogen-bond donors (Lipinski definition) is 3. The molecule has 49 heavy (non-hydrogen) atoms. The SMILES string of the molecule is C#C/C=C\CCCCCCCCCCCCCC/C=C\CCCC(O)/C=C/CCCCC#C[C@H](O)C#CCCCCCC/C=C/[C@@H](O)C#C. The minimum atomic E-state index is -0.868. The van der Waals surface area contributed by atoms with E-state index in [1.54, 1.807) is 6.08 Å². The summed E-state index contributed by atoms with van der Waals surface area (Å²) in [6.45, 7) is 0. The third-order valence-corrected chi connectivity index (χ3v) is 8.41. The van der Waals surface area contributed by atoms with Gasteiger partial charge in [-0.15, -0.1) is 12.8 Å². The van der Waals surface area contributed by atoms with Gasteiger partial charge in [0.25, 0.3) is 0 Å². The number of terminal acetylenes is 2. The van der Waals surface area contributed by atoms with Gasteiger partial charge in [0.15, 0.2) is 6.10 Å². The highest BCUT2D eigenvalue weighted by molar-refractivity contribution is 5.19. The fourth-order valence-electron chi connectivity index (χ4n) is 5.43. The van der Waals surface area contributed by atoms with Crippen molar-refractivity contribution in [2.75, 3.05) is 0 Å². The molecule has 0 aliphatic heterocycles. The van der Waals surface area contributed by atoms with Gasteiger partial charge in [0, 0.05) is 12.8 Å². The van der Waals surface area contributed by atoms with Crippen LogP contribution in [0.15, 0.2) is 48.6 Å². The summed E-state index contributed by atoms with van der Waals surface area (Å²) in [7, 11) is 0. The Bertz CT molecular complexity index is 1060. The molecule has 0 aromatic rings. The van der Waals surface area contributed by atoms with Crippen LogP contribution in [0.25, 0.3) is 0 Å². The molecule has 1 unspecified atom stereocenters. The molecule has 0 aromatic heterocycles. The Hall–Kier alpha value is -2.92. The van der Waals surface area contributed by atoms with E-state index in [0.29, 0.717) is 0 Å². The third kappa shape index (κ3) is 39.4. The molecular weight excluding hydrogens is 601 g/mol. The normalized spacial score (nSPS) is 13.2. The van der Waals surface area contributed by atoms with Gasteiger partial charge in [-0.25, -0.2) is 0 Å². The highest BCUT2D eigenvalue weighted by atomic mass is 16.3. The van der Waals surface area contributed by atoms with Crippen molar-refractivity contribution in [2.45, 2.75) is 192 Å². The molecule has 0 radical (unpaired) electrons. The van der Waals surface area contributed by atoms with Crippen molar-refractivity contribution >= 4 is 0 Å². The Kier molecular flexibility index (Phi) is 37.2. The first-order valence-corrected chi connectivity index (χ1v) is 19.7. The topological polar surface area (TPSA) is 60.7 Å². The van der Waals surface area contributed by atoms with E-state index in [0.717, 1.165) is 89.9 Å². The minimum Gasteiger partial charge on any atom is -0.389 e. The van der Waals surface area contributed by atoms with E-state index in [4.69, 9.17) is 12.8 Å². The first-order chi connectivity index (χ1) is 24.1. The fourth-order valence-corrected chi connectivity index (χ4v) is 5.43. The summed E-state index contributed by atoms with van der Waals surface area (Å²) in [6, 6.07) is 0. The van der Waals surface area contributed by atoms with Crippen LogP contribution in [-0.2, 0) is 0 Å². The Labute approximate surface area is 303 Å². The van der Waals surface area contributed by atoms with E-state index in [2.05, 4.69) is 59.8 Å². The summed E-state index contributed by atoms with van der Waals surface area (Å²) in [4.78, 5) is 0. The molecule has 3 N–H and O–H groups in total. The number of aliphatic hydroxyl groups excluding tert-OH is 3. The van der Waals surface area contributed by atoms with Gasteiger partial charge in [-0.3, -0.25) is 0 Å². The van der Waals surface area contributed by atoms with Crippen LogP contribution in [0.3, 0.4) is 0 Å². The molecule has 0 spiro atoms. The Balaban J connectivity index is 3.52. The molecule has 3 nitrogen and oxygen atoms in total. The number of rotatable bonds is 31. The van der Waals surface area contributed by atoms with E-state index >= 15 is 0 Å². The highest BCUT2D eigenvalue weighted by Gasteiger charge is 1.98. The molecule has 0 saturated carbocycles. The number of unbranched alkanes of at least 4 members (excludes halogenated alkanes) is 22. The van der Waals surface area contributed by atoms with E-state index in [9.17, 15) is 15.3 Å². The molecule has 0 aliphatic carbocycles. The van der Waals surface area contributed by atoms with Gasteiger partial charge in [0.05, 0.1) is 6.10 Å². The molecule has 0 saturated heterocycles. The van der Waals surface area contributed by atoms with Crippen molar-refractivity contribution in [3.8, 4) is 48.4 Å². The summed E-state index contributed by atoms with van der Waals surface area (Å²) in [6.07, 6.45) is 55.6. The van der Waals surface area contributed by atoms with Crippen LogP contribution in [0.5, 0.6) is 0 Å². The largest absolute Gasteiger partial charge is 0.389 e. The van der Waals surface area contributed by atoms with Gasteiger partial charge >= 0.3 is 0 Å². The second kappa shape index (κ2) is 39.5. The molecule has 272 valence electrons. The zero-order valence-electron chi connectivity index (χ0n) is 30.9. The summed E-state index contributed by atoms with van der Waals surface area (Å²) in [5.74, 6) is 16.5. The molecular formula is C46H70O3. The average molecular weight is 671 g/mol. The molecule has 0 bridgehead atoms. The number of allylic oxidation sites excluding steroid dienone is 6. The Morgan fingerprint density at radius 3 is 1.39 bits per heavy atom. The maximum Gasteiger partial charge on any atom is 0.176 e. The quantitative estimate of drug-likeness (QED) is 0.0391. The van der Waals surface area contributed by atoms with Crippen LogP contribution < -0.4 is 0 Å². The van der Waals surface area contributed by atoms with Gasteiger partial charge in [-0.1, -0.05) is 149 Å². The lowest BCUT2D eigenvalue weighted by Crippen LogP contribution is -2.00. The van der Waals surface area contributed by atoms with Crippen molar-refractivity contribution in [3.05, 3.63) is 48.6 Å². The molecule has 0 aromatic carbocycles. The zero-order chi connectivity index (χ0) is 35.7. The van der Waals surface area contributed by atoms with Crippen molar-refractivity contribution in [2.24, 2.45) is 0 Å². The van der Waals surface area contributed by atoms with Gasteiger partial charge in [-0.2, -0.15) is 0 Å². The first kappa shape index (κ1) is 46.1. The van der Waals surface area contributed by atoms with Crippen molar-refractivity contribution < 1.29 is 15.3 Å². The van der Waals surface area contributed by atoms with Crippen LogP contribution in [0.2, 0.25) is 0 Å². The fraction of sp³-hybridized carbons (Fsp3) is 0.652. The van der Waals surface area contributed by atoms with Crippen LogP contribution in [0.4, 0.5) is 0 Å². The molecule has 0 heterocycles. The van der Waals surface area contributed by atoms with Crippen LogP contribution in [-0.4, -0.2) is 33.6 Å². The van der Waals surface area contributed by atoms with Crippen molar-refractivity contribution in [1.82, 2.24) is 0 Å². The van der Waals surface area contributed by atoms with Crippen molar-refractivity contribution in [3.63, 3.8) is 0 Å². The third-order valence-electron chi connectivity index (χ3n) is 8.41. The predicted octanol–water partition coefficient (Wildman–Crippen LogP) is 11.1. The molecule has 0 amide bonds. The smallest absolute Gasteiger partial charge is 0.176 e. The second-order valence-electron chi connectivity index (χ2n) is 13.1. The van der Waals surface area contributed by atoms with Crippen LogP contribution in [0.1, 0.15) is 173 Å². The van der Waals surface area contributed by atoms with E-state index in [1.165, 1.54) is 83.5 Å². The van der Waals surface area contributed by atoms with Gasteiger partial charge in [0.1, 0.15) is 6.10 Å². The number of aliphatic hydroxyl groups is 3. The monoisotopic (exact) mass is 671 g/mol. The Morgan fingerprint density at radius 1 is 0.449 bits per heavy atom. The van der Waals surface area contributed by atoms with Gasteiger partial charge in [0.2, 0.25) is 0 Å². The summed E-state index contributed by atoms with van der Waals surface area (Å²) in [5, 5.41) is 29.4. The second-order valence-corrected chi connectivity index (χ2v) is 13.1. The van der Waals surface area contributed by atoms with E-state index < -0.39 is 12.2 Å². The molecule has 0 fully saturated rings. The molecule has 3 heteroatoms. The first-order valence-electron chi connectivity index (χ1n) is 19.7. The standard InChI is InChI=1S/C46H70O3/c1-3-5-6-7-8-9-10-11-12-13-14-15-16-17-18-19-20-21-25-30-35-40-45(48)42-37-32-27-28-33-38-43-46(49)41-36-31-26-23-22-24-29-34-39-44(47)4-2/h1-2,5-6,21,25,34,37,39,42,44-49H,7-20,22-24,26-33,35,40H2/b6-5-,25-21-,39-34+,42-37+/t44-,45?,46+/m0/s1. The maximum atomic E-state index is 10.2. The molecule has 3 atom stereocenters. The molecule has 0 rings (SSSR count). The number of hydrogen-bond acceptors (Lipinski definition) is 3. The van der Waals surface area contributed by atoms with E-state index in [-0.39, 0.29) is 6.10 Å². The summed E-state index contributed by atoms with van der Waals surface area (Å²) in [5.41, 5.74) is 0. The summed E-state index contributed by atoms with van der Waals surface area (Å²) < 4.78 is 0. The highest BCUT2D eigenvalue weighted by Crippen LogP contribution is 2.14. The lowest BCUT2D eigenvalue weighted by molar-refractivity contribution is 0.209. The zero-order valence-corrected chi connectivity index (χ0v) is 30.9. The van der Waals surface area contributed by atoms with Crippen LogP contribution in [0, 0.1) is 48.4 Å². The van der Waals surface area contributed by atoms with E-state index in [1.807, 2.05) is 18.2 Å². The summed E-state index contributed by atoms with van der Waals surface area (Å²) >= 11 is 0. The van der Waals surface area contributed by atoms with Gasteiger partial charge < -0.3 is 15.3 Å². The maximum absolute atomic E-state index is 10.2. The lowest BCUT2D eigenvalue weighted by atomic mass is 10.0. The molecule has 0 aliphatic rings. The Morgan fingerprint density at radius 2 is 0.857 bits per heavy atom. The predicted molar refractivity (Wildman–Crippen MR) is 212 cm³/mol. The van der Waals surface area contributed by atoms with Crippen LogP contribution >= 0.6 is 0 Å². The average Bonchev–Trinajstić information content (AvgIpc) is 3.10. The minimum absolute atomic E-state index is 0.356.